The first-order chi connectivity index (χ1) is 15.9. The maximum atomic E-state index is 12.9. The van der Waals surface area contributed by atoms with Crippen LogP contribution in [0.25, 0.3) is 0 Å². The Bertz CT molecular complexity index is 1190. The van der Waals surface area contributed by atoms with Crippen LogP contribution in [0.2, 0.25) is 0 Å². The smallest absolute Gasteiger partial charge is 0.302 e. The Morgan fingerprint density at radius 2 is 1.59 bits per heavy atom. The van der Waals surface area contributed by atoms with Gasteiger partial charge in [-0.05, 0) is 50.2 Å². The molecule has 34 heavy (non-hydrogen) atoms. The number of alkyl halides is 3. The molecule has 0 bridgehead atoms. The van der Waals surface area contributed by atoms with E-state index >= 15 is 0 Å². The third kappa shape index (κ3) is 5.43. The quantitative estimate of drug-likeness (QED) is 0.423. The summed E-state index contributed by atoms with van der Waals surface area (Å²) in [5, 5.41) is 6.60. The fourth-order valence-electron chi connectivity index (χ4n) is 3.02. The van der Waals surface area contributed by atoms with E-state index in [9.17, 15) is 27.6 Å². The minimum absolute atomic E-state index is 0.164. The van der Waals surface area contributed by atoms with Crippen molar-refractivity contribution < 1.29 is 27.6 Å². The summed E-state index contributed by atoms with van der Waals surface area (Å²) >= 11 is 0.991. The van der Waals surface area contributed by atoms with E-state index in [0.29, 0.717) is 10.6 Å². The number of allylic oxidation sites excluding steroid dienone is 1. The molecule has 13 heteroatoms. The monoisotopic (exact) mass is 494 g/mol. The number of hydrogen-bond acceptors (Lipinski definition) is 7. The van der Waals surface area contributed by atoms with E-state index in [1.54, 1.807) is 27.9 Å². The normalized spacial score (nSPS) is 15.4. The first-order valence-electron chi connectivity index (χ1n) is 9.81. The average molecular weight is 494 g/mol. The molecule has 2 aromatic rings. The number of benzene rings is 1. The highest BCUT2D eigenvalue weighted by Crippen LogP contribution is 2.32. The van der Waals surface area contributed by atoms with E-state index in [1.165, 1.54) is 17.1 Å². The highest BCUT2D eigenvalue weighted by molar-refractivity contribution is 7.15. The molecule has 0 fully saturated rings. The molecule has 1 aromatic carbocycles. The Kier molecular flexibility index (Phi) is 7.07. The number of anilines is 1. The van der Waals surface area contributed by atoms with Crippen LogP contribution in [0.15, 0.2) is 52.8 Å². The van der Waals surface area contributed by atoms with Crippen LogP contribution >= 0.6 is 11.3 Å². The number of hydrazone groups is 1. The number of rotatable bonds is 6. The zero-order chi connectivity index (χ0) is 25.2. The van der Waals surface area contributed by atoms with Crippen LogP contribution in [0.4, 0.5) is 18.9 Å². The molecule has 180 valence electrons. The summed E-state index contributed by atoms with van der Waals surface area (Å²) in [6, 6.07) is 7.07. The van der Waals surface area contributed by atoms with Crippen molar-refractivity contribution >= 4 is 40.5 Å². The van der Waals surface area contributed by atoms with Crippen molar-refractivity contribution in [1.29, 1.82) is 0 Å². The number of nitrogens with one attached hydrogen (secondary N) is 3. The minimum atomic E-state index is -4.49. The van der Waals surface area contributed by atoms with E-state index in [-0.39, 0.29) is 27.7 Å². The van der Waals surface area contributed by atoms with Gasteiger partial charge in [-0.1, -0.05) is 0 Å². The van der Waals surface area contributed by atoms with Crippen molar-refractivity contribution in [2.75, 3.05) is 19.1 Å². The zero-order valence-corrected chi connectivity index (χ0v) is 19.4. The summed E-state index contributed by atoms with van der Waals surface area (Å²) in [7, 11) is 3.32. The maximum absolute atomic E-state index is 12.9. The Hall–Kier alpha value is -3.71. The first-order valence-corrected chi connectivity index (χ1v) is 10.6. The average Bonchev–Trinajstić information content (AvgIpc) is 3.36. The molecule has 0 spiro atoms. The molecule has 0 saturated heterocycles. The summed E-state index contributed by atoms with van der Waals surface area (Å²) in [6.07, 6.45) is -4.49. The van der Waals surface area contributed by atoms with Crippen molar-refractivity contribution in [1.82, 2.24) is 21.3 Å². The molecule has 2 heterocycles. The molecule has 0 unspecified atom stereocenters. The van der Waals surface area contributed by atoms with Crippen molar-refractivity contribution in [2.24, 2.45) is 5.10 Å². The second-order valence-corrected chi connectivity index (χ2v) is 8.51. The third-order valence-electron chi connectivity index (χ3n) is 4.57. The SMILES string of the molecule is CC1=NN(c2ccc(C(F)(F)F)cc2)C(=O)/C1=C(/C)NNC(=O)c1ccc(C(=O)NN(C)C)s1. The van der Waals surface area contributed by atoms with Crippen LogP contribution in [0.3, 0.4) is 0 Å². The van der Waals surface area contributed by atoms with Gasteiger partial charge in [0.2, 0.25) is 0 Å². The lowest BCUT2D eigenvalue weighted by Gasteiger charge is -2.14. The fraction of sp³-hybridized carbons (Fsp3) is 0.238. The molecule has 9 nitrogen and oxygen atoms in total. The molecule has 1 aliphatic rings. The van der Waals surface area contributed by atoms with Crippen molar-refractivity contribution in [3.05, 3.63) is 63.0 Å². The first kappa shape index (κ1) is 24.9. The predicted octanol–water partition coefficient (Wildman–Crippen LogP) is 2.90. The Labute approximate surface area is 196 Å². The summed E-state index contributed by atoms with van der Waals surface area (Å²) in [4.78, 5) is 37.9. The van der Waals surface area contributed by atoms with E-state index in [1.807, 2.05) is 0 Å². The highest BCUT2D eigenvalue weighted by Gasteiger charge is 2.33. The molecular formula is C21H21F3N6O3S. The molecular weight excluding hydrogens is 473 g/mol. The van der Waals surface area contributed by atoms with Gasteiger partial charge < -0.3 is 5.43 Å². The van der Waals surface area contributed by atoms with Crippen LogP contribution in [-0.4, -0.2) is 42.5 Å². The van der Waals surface area contributed by atoms with Gasteiger partial charge in [0.05, 0.1) is 32.3 Å². The number of hydrogen-bond donors (Lipinski definition) is 3. The Morgan fingerprint density at radius 1 is 1.00 bits per heavy atom. The molecule has 0 atom stereocenters. The van der Waals surface area contributed by atoms with E-state index < -0.39 is 23.6 Å². The summed E-state index contributed by atoms with van der Waals surface area (Å²) in [5.74, 6) is -1.43. The van der Waals surface area contributed by atoms with Gasteiger partial charge in [0, 0.05) is 19.8 Å². The van der Waals surface area contributed by atoms with Crippen molar-refractivity contribution in [2.45, 2.75) is 20.0 Å². The van der Waals surface area contributed by atoms with Crippen LogP contribution in [0.1, 0.15) is 38.8 Å². The number of nitrogens with zero attached hydrogens (tertiary/aromatic N) is 3. The molecule has 1 aromatic heterocycles. The van der Waals surface area contributed by atoms with Gasteiger partial charge in [-0.2, -0.15) is 23.3 Å². The second kappa shape index (κ2) is 9.65. The number of thiophene rings is 1. The maximum Gasteiger partial charge on any atom is 0.416 e. The van der Waals surface area contributed by atoms with Crippen molar-refractivity contribution in [3.63, 3.8) is 0 Å². The Morgan fingerprint density at radius 3 is 2.15 bits per heavy atom. The lowest BCUT2D eigenvalue weighted by molar-refractivity contribution is -0.137. The van der Waals surface area contributed by atoms with Crippen LogP contribution in [0.5, 0.6) is 0 Å². The van der Waals surface area contributed by atoms with Crippen LogP contribution in [-0.2, 0) is 11.0 Å². The van der Waals surface area contributed by atoms with Gasteiger partial charge >= 0.3 is 6.18 Å². The molecule has 3 rings (SSSR count). The summed E-state index contributed by atoms with van der Waals surface area (Å²) < 4.78 is 38.4. The lowest BCUT2D eigenvalue weighted by atomic mass is 10.1. The van der Waals surface area contributed by atoms with E-state index in [2.05, 4.69) is 21.4 Å². The minimum Gasteiger partial charge on any atom is -0.302 e. The van der Waals surface area contributed by atoms with Crippen LogP contribution < -0.4 is 21.3 Å². The highest BCUT2D eigenvalue weighted by atomic mass is 32.1. The van der Waals surface area contributed by atoms with Gasteiger partial charge in [-0.3, -0.25) is 25.2 Å². The topological polar surface area (TPSA) is 106 Å². The second-order valence-electron chi connectivity index (χ2n) is 7.43. The number of carbonyl (C=O) groups is 3. The Balaban J connectivity index is 1.68. The lowest BCUT2D eigenvalue weighted by Crippen LogP contribution is -2.37. The zero-order valence-electron chi connectivity index (χ0n) is 18.6. The van der Waals surface area contributed by atoms with Gasteiger partial charge in [0.1, 0.15) is 0 Å². The number of halogens is 3. The third-order valence-corrected chi connectivity index (χ3v) is 5.66. The predicted molar refractivity (Wildman–Crippen MR) is 121 cm³/mol. The number of amides is 3. The van der Waals surface area contributed by atoms with E-state index in [0.717, 1.165) is 40.6 Å². The molecule has 0 saturated carbocycles. The van der Waals surface area contributed by atoms with E-state index in [4.69, 9.17) is 0 Å². The molecule has 3 N–H and O–H groups in total. The standard InChI is InChI=1S/C21H21F3N6O3S/c1-11(25-26-18(31)15-9-10-16(34-15)19(32)28-29(3)4)17-12(2)27-30(20(17)33)14-7-5-13(6-8-14)21(22,23)24/h5-10,25H,1-4H3,(H,26,31)(H,28,32)/b17-11-. The number of hydrazine groups is 2. The molecule has 0 radical (unpaired) electrons. The van der Waals surface area contributed by atoms with Gasteiger partial charge in [-0.25, -0.2) is 5.01 Å². The fourth-order valence-corrected chi connectivity index (χ4v) is 3.81. The largest absolute Gasteiger partial charge is 0.416 e. The molecule has 1 aliphatic heterocycles. The number of carbonyl (C=O) groups excluding carboxylic acids is 3. The van der Waals surface area contributed by atoms with Gasteiger partial charge in [0.25, 0.3) is 17.7 Å². The summed E-state index contributed by atoms with van der Waals surface area (Å²) in [6.45, 7) is 3.12. The van der Waals surface area contributed by atoms with Crippen LogP contribution in [0, 0.1) is 0 Å². The van der Waals surface area contributed by atoms with Gasteiger partial charge in [0.15, 0.2) is 0 Å². The summed E-state index contributed by atoms with van der Waals surface area (Å²) in [5.41, 5.74) is 7.80. The van der Waals surface area contributed by atoms with Gasteiger partial charge in [-0.15, -0.1) is 11.3 Å². The molecule has 0 aliphatic carbocycles. The molecule has 3 amide bonds. The van der Waals surface area contributed by atoms with Crippen molar-refractivity contribution in [3.8, 4) is 0 Å².